The summed E-state index contributed by atoms with van der Waals surface area (Å²) in [7, 11) is 1.66. The van der Waals surface area contributed by atoms with Gasteiger partial charge in [-0.05, 0) is 26.7 Å². The summed E-state index contributed by atoms with van der Waals surface area (Å²) < 4.78 is 16.3. The van der Waals surface area contributed by atoms with Crippen LogP contribution < -0.4 is 5.32 Å². The van der Waals surface area contributed by atoms with Crippen molar-refractivity contribution in [3.8, 4) is 0 Å². The standard InChI is InChI=1S/C13H27NO4/c1-10-6-13(7-11(2)18-10)17-9-12(15)8-14-4-5-16-3/h10-15H,4-9H2,1-3H3. The lowest BCUT2D eigenvalue weighted by Gasteiger charge is -2.32. The van der Waals surface area contributed by atoms with E-state index in [0.29, 0.717) is 19.8 Å². The van der Waals surface area contributed by atoms with Gasteiger partial charge in [-0.2, -0.15) is 0 Å². The highest BCUT2D eigenvalue weighted by molar-refractivity contribution is 4.74. The van der Waals surface area contributed by atoms with Crippen LogP contribution in [-0.4, -0.2) is 62.9 Å². The molecule has 0 aromatic heterocycles. The highest BCUT2D eigenvalue weighted by Gasteiger charge is 2.25. The van der Waals surface area contributed by atoms with Crippen molar-refractivity contribution in [2.45, 2.75) is 51.1 Å². The zero-order chi connectivity index (χ0) is 13.4. The van der Waals surface area contributed by atoms with Crippen LogP contribution in [0.3, 0.4) is 0 Å². The van der Waals surface area contributed by atoms with Crippen molar-refractivity contribution in [1.82, 2.24) is 5.32 Å². The van der Waals surface area contributed by atoms with Crippen LogP contribution in [0.5, 0.6) is 0 Å². The van der Waals surface area contributed by atoms with Gasteiger partial charge in [0.1, 0.15) is 0 Å². The van der Waals surface area contributed by atoms with E-state index in [-0.39, 0.29) is 18.3 Å². The minimum absolute atomic E-state index is 0.206. The van der Waals surface area contributed by atoms with Crippen molar-refractivity contribution in [2.75, 3.05) is 33.4 Å². The number of aliphatic hydroxyl groups is 1. The van der Waals surface area contributed by atoms with Gasteiger partial charge in [-0.1, -0.05) is 0 Å². The van der Waals surface area contributed by atoms with E-state index in [2.05, 4.69) is 19.2 Å². The predicted octanol–water partition coefficient (Wildman–Crippen LogP) is 0.556. The summed E-state index contributed by atoms with van der Waals surface area (Å²) in [5.74, 6) is 0. The number of hydrogen-bond donors (Lipinski definition) is 2. The zero-order valence-electron chi connectivity index (χ0n) is 11.7. The van der Waals surface area contributed by atoms with Crippen molar-refractivity contribution in [3.63, 3.8) is 0 Å². The second-order valence-corrected chi connectivity index (χ2v) is 5.03. The largest absolute Gasteiger partial charge is 0.389 e. The van der Waals surface area contributed by atoms with E-state index in [0.717, 1.165) is 19.4 Å². The molecule has 0 saturated carbocycles. The van der Waals surface area contributed by atoms with E-state index >= 15 is 0 Å². The maximum Gasteiger partial charge on any atom is 0.0897 e. The molecule has 0 aromatic rings. The average Bonchev–Trinajstić information content (AvgIpc) is 2.31. The number of methoxy groups -OCH3 is 1. The van der Waals surface area contributed by atoms with E-state index in [4.69, 9.17) is 14.2 Å². The fourth-order valence-electron chi connectivity index (χ4n) is 2.23. The van der Waals surface area contributed by atoms with Gasteiger partial charge in [0.2, 0.25) is 0 Å². The molecule has 5 nitrogen and oxygen atoms in total. The number of hydrogen-bond acceptors (Lipinski definition) is 5. The first kappa shape index (κ1) is 15.9. The minimum Gasteiger partial charge on any atom is -0.389 e. The van der Waals surface area contributed by atoms with Crippen molar-refractivity contribution >= 4 is 0 Å². The lowest BCUT2D eigenvalue weighted by molar-refractivity contribution is -0.113. The Morgan fingerprint density at radius 3 is 2.61 bits per heavy atom. The van der Waals surface area contributed by atoms with Gasteiger partial charge in [0.15, 0.2) is 0 Å². The molecule has 18 heavy (non-hydrogen) atoms. The molecule has 1 saturated heterocycles. The Labute approximate surface area is 110 Å². The fourth-order valence-corrected chi connectivity index (χ4v) is 2.23. The summed E-state index contributed by atoms with van der Waals surface area (Å²) in [4.78, 5) is 0. The summed E-state index contributed by atoms with van der Waals surface area (Å²) in [6.07, 6.45) is 2.06. The van der Waals surface area contributed by atoms with Crippen LogP contribution in [-0.2, 0) is 14.2 Å². The Morgan fingerprint density at radius 1 is 1.33 bits per heavy atom. The Balaban J connectivity index is 2.08. The van der Waals surface area contributed by atoms with Crippen LogP contribution in [0.4, 0.5) is 0 Å². The normalized spacial score (nSPS) is 30.3. The lowest BCUT2D eigenvalue weighted by atomic mass is 10.0. The Bertz CT molecular complexity index is 205. The number of nitrogens with one attached hydrogen (secondary N) is 1. The summed E-state index contributed by atoms with van der Waals surface area (Å²) >= 11 is 0. The first-order valence-corrected chi connectivity index (χ1v) is 6.76. The van der Waals surface area contributed by atoms with Crippen LogP contribution in [0.1, 0.15) is 26.7 Å². The van der Waals surface area contributed by atoms with Gasteiger partial charge >= 0.3 is 0 Å². The van der Waals surface area contributed by atoms with Gasteiger partial charge in [0.25, 0.3) is 0 Å². The first-order chi connectivity index (χ1) is 8.61. The van der Waals surface area contributed by atoms with Crippen LogP contribution >= 0.6 is 0 Å². The number of rotatable bonds is 8. The van der Waals surface area contributed by atoms with E-state index < -0.39 is 6.10 Å². The van der Waals surface area contributed by atoms with Gasteiger partial charge in [-0.25, -0.2) is 0 Å². The monoisotopic (exact) mass is 261 g/mol. The van der Waals surface area contributed by atoms with Crippen LogP contribution in [0.15, 0.2) is 0 Å². The molecule has 0 aromatic carbocycles. The van der Waals surface area contributed by atoms with E-state index in [1.165, 1.54) is 0 Å². The molecule has 0 bridgehead atoms. The average molecular weight is 261 g/mol. The molecule has 3 atom stereocenters. The van der Waals surface area contributed by atoms with Gasteiger partial charge in [0.05, 0.1) is 37.6 Å². The molecular weight excluding hydrogens is 234 g/mol. The molecule has 1 fully saturated rings. The highest BCUT2D eigenvalue weighted by atomic mass is 16.5. The third kappa shape index (κ3) is 6.66. The quantitative estimate of drug-likeness (QED) is 0.625. The predicted molar refractivity (Wildman–Crippen MR) is 69.7 cm³/mol. The number of ether oxygens (including phenoxy) is 3. The highest BCUT2D eigenvalue weighted by Crippen LogP contribution is 2.21. The smallest absolute Gasteiger partial charge is 0.0897 e. The molecule has 1 aliphatic heterocycles. The van der Waals surface area contributed by atoms with Crippen molar-refractivity contribution in [3.05, 3.63) is 0 Å². The van der Waals surface area contributed by atoms with Crippen molar-refractivity contribution in [1.29, 1.82) is 0 Å². The van der Waals surface area contributed by atoms with E-state index in [1.54, 1.807) is 7.11 Å². The molecule has 0 spiro atoms. The van der Waals surface area contributed by atoms with Gasteiger partial charge in [0, 0.05) is 20.2 Å². The Kier molecular flexibility index (Phi) is 7.77. The molecule has 2 N–H and O–H groups in total. The summed E-state index contributed by atoms with van der Waals surface area (Å²) in [6, 6.07) is 0. The topological polar surface area (TPSA) is 60.0 Å². The summed E-state index contributed by atoms with van der Waals surface area (Å²) in [6.45, 7) is 6.45. The fraction of sp³-hybridized carbons (Fsp3) is 1.00. The van der Waals surface area contributed by atoms with Crippen LogP contribution in [0.2, 0.25) is 0 Å². The molecule has 0 amide bonds. The molecule has 0 aliphatic carbocycles. The molecule has 5 heteroatoms. The van der Waals surface area contributed by atoms with E-state index in [1.807, 2.05) is 0 Å². The second kappa shape index (κ2) is 8.82. The molecule has 1 aliphatic rings. The molecule has 1 rings (SSSR count). The summed E-state index contributed by atoms with van der Waals surface area (Å²) in [5, 5.41) is 12.9. The third-order valence-corrected chi connectivity index (χ3v) is 3.04. The van der Waals surface area contributed by atoms with Crippen molar-refractivity contribution < 1.29 is 19.3 Å². The zero-order valence-corrected chi connectivity index (χ0v) is 11.7. The molecule has 0 radical (unpaired) electrons. The Morgan fingerprint density at radius 2 is 2.00 bits per heavy atom. The molecule has 1 heterocycles. The summed E-state index contributed by atoms with van der Waals surface area (Å²) in [5.41, 5.74) is 0. The molecular formula is C13H27NO4. The van der Waals surface area contributed by atoms with E-state index in [9.17, 15) is 5.11 Å². The number of aliphatic hydroxyl groups excluding tert-OH is 1. The minimum atomic E-state index is -0.463. The van der Waals surface area contributed by atoms with Crippen LogP contribution in [0.25, 0.3) is 0 Å². The second-order valence-electron chi connectivity index (χ2n) is 5.03. The maximum atomic E-state index is 9.75. The van der Waals surface area contributed by atoms with Gasteiger partial charge in [-0.15, -0.1) is 0 Å². The van der Waals surface area contributed by atoms with Gasteiger partial charge in [-0.3, -0.25) is 0 Å². The lowest BCUT2D eigenvalue weighted by Crippen LogP contribution is -2.37. The Hall–Kier alpha value is -0.200. The third-order valence-electron chi connectivity index (χ3n) is 3.04. The first-order valence-electron chi connectivity index (χ1n) is 6.76. The molecule has 3 unspecified atom stereocenters. The van der Waals surface area contributed by atoms with Gasteiger partial charge < -0.3 is 24.6 Å². The van der Waals surface area contributed by atoms with Crippen molar-refractivity contribution in [2.24, 2.45) is 0 Å². The maximum absolute atomic E-state index is 9.75. The molecule has 108 valence electrons. The van der Waals surface area contributed by atoms with Crippen LogP contribution in [0, 0.1) is 0 Å². The SMILES string of the molecule is COCCNCC(O)COC1CC(C)OC(C)C1.